The summed E-state index contributed by atoms with van der Waals surface area (Å²) in [5.74, 6) is 0.927. The molecule has 1 fully saturated rings. The van der Waals surface area contributed by atoms with Gasteiger partial charge in [-0.15, -0.1) is 0 Å². The van der Waals surface area contributed by atoms with E-state index in [1.165, 1.54) is 12.8 Å². The molecule has 1 aliphatic rings. The van der Waals surface area contributed by atoms with Gasteiger partial charge in [-0.1, -0.05) is 37.5 Å². The minimum atomic E-state index is -1.53. The first kappa shape index (κ1) is 15.2. The number of hydrogen-bond acceptors (Lipinski definition) is 2. The van der Waals surface area contributed by atoms with Crippen molar-refractivity contribution >= 4 is 11.0 Å². The van der Waals surface area contributed by atoms with Gasteiger partial charge in [0.2, 0.25) is 0 Å². The van der Waals surface area contributed by atoms with Crippen LogP contribution in [0.3, 0.4) is 0 Å². The first-order valence-electron chi connectivity index (χ1n) is 7.19. The predicted molar refractivity (Wildman–Crippen MR) is 81.3 cm³/mol. The van der Waals surface area contributed by atoms with Gasteiger partial charge in [-0.2, -0.15) is 5.26 Å². The molecule has 1 aliphatic carbocycles. The fraction of sp³-hybridized carbons (Fsp3) is 0.562. The maximum atomic E-state index is 11.7. The van der Waals surface area contributed by atoms with E-state index in [9.17, 15) is 9.47 Å². The van der Waals surface area contributed by atoms with Gasteiger partial charge in [-0.25, -0.2) is 9.35 Å². The minimum absolute atomic E-state index is 0.190. The van der Waals surface area contributed by atoms with Crippen LogP contribution < -0.4 is 5.14 Å². The van der Waals surface area contributed by atoms with Crippen LogP contribution in [0.5, 0.6) is 0 Å². The topological polar surface area (TPSA) is 66.9 Å². The first-order chi connectivity index (χ1) is 9.52. The SMILES string of the molecule is Cc1ccc([S@@](N)=O)c([C@@H](C#N)C2CCC(C)CC2)c1. The fourth-order valence-corrected chi connectivity index (χ4v) is 3.76. The van der Waals surface area contributed by atoms with Crippen molar-refractivity contribution in [1.29, 1.82) is 5.26 Å². The van der Waals surface area contributed by atoms with E-state index in [-0.39, 0.29) is 5.92 Å². The molecule has 0 amide bonds. The molecule has 1 aromatic rings. The van der Waals surface area contributed by atoms with Gasteiger partial charge in [0.05, 0.1) is 16.9 Å². The van der Waals surface area contributed by atoms with E-state index in [0.29, 0.717) is 10.8 Å². The maximum Gasteiger partial charge on any atom is 0.122 e. The molecule has 2 N–H and O–H groups in total. The molecule has 2 rings (SSSR count). The zero-order chi connectivity index (χ0) is 14.7. The van der Waals surface area contributed by atoms with Crippen LogP contribution in [0, 0.1) is 30.1 Å². The van der Waals surface area contributed by atoms with E-state index >= 15 is 0 Å². The summed E-state index contributed by atoms with van der Waals surface area (Å²) in [6, 6.07) is 8.12. The Labute approximate surface area is 123 Å². The molecule has 0 spiro atoms. The Bertz CT molecular complexity index is 542. The molecule has 0 radical (unpaired) electrons. The molecule has 4 heteroatoms. The second-order valence-corrected chi connectivity index (χ2v) is 7.00. The summed E-state index contributed by atoms with van der Waals surface area (Å²) in [6.45, 7) is 4.26. The van der Waals surface area contributed by atoms with Gasteiger partial charge < -0.3 is 0 Å². The lowest BCUT2D eigenvalue weighted by atomic mass is 9.74. The highest BCUT2D eigenvalue weighted by Gasteiger charge is 2.29. The van der Waals surface area contributed by atoms with E-state index in [4.69, 9.17) is 5.14 Å². The van der Waals surface area contributed by atoms with Crippen LogP contribution in [-0.2, 0) is 11.0 Å². The Hall–Kier alpha value is -1.18. The summed E-state index contributed by atoms with van der Waals surface area (Å²) < 4.78 is 11.7. The standard InChI is InChI=1S/C16H22N2OS/c1-11-3-6-13(7-4-11)15(10-17)14-9-12(2)5-8-16(14)20(18)19/h5,8-9,11,13,15H,3-4,6-7,18H2,1-2H3/t11?,13?,15-,20-/m0/s1. The molecule has 0 unspecified atom stereocenters. The molecule has 3 nitrogen and oxygen atoms in total. The summed E-state index contributed by atoms with van der Waals surface area (Å²) >= 11 is 0. The lowest BCUT2D eigenvalue weighted by Gasteiger charge is -2.30. The molecule has 1 saturated carbocycles. The molecular formula is C16H22N2OS. The van der Waals surface area contributed by atoms with Crippen molar-refractivity contribution in [1.82, 2.24) is 0 Å². The Kier molecular flexibility index (Phi) is 4.95. The Morgan fingerprint density at radius 3 is 2.55 bits per heavy atom. The summed E-state index contributed by atoms with van der Waals surface area (Å²) in [5.41, 5.74) is 1.95. The first-order valence-corrected chi connectivity index (χ1v) is 8.40. The average molecular weight is 290 g/mol. The van der Waals surface area contributed by atoms with E-state index < -0.39 is 11.0 Å². The van der Waals surface area contributed by atoms with E-state index in [1.807, 2.05) is 19.1 Å². The number of aryl methyl sites for hydroxylation is 1. The summed E-state index contributed by atoms with van der Waals surface area (Å²) in [5, 5.41) is 15.2. The summed E-state index contributed by atoms with van der Waals surface area (Å²) in [6.07, 6.45) is 4.50. The fourth-order valence-electron chi connectivity index (χ4n) is 3.14. The quantitative estimate of drug-likeness (QED) is 0.927. The average Bonchev–Trinajstić information content (AvgIpc) is 2.41. The van der Waals surface area contributed by atoms with Gasteiger partial charge in [-0.3, -0.25) is 0 Å². The number of nitrogens with two attached hydrogens (primary N) is 1. The van der Waals surface area contributed by atoms with E-state index in [0.717, 1.165) is 29.9 Å². The third-order valence-electron chi connectivity index (χ3n) is 4.39. The summed E-state index contributed by atoms with van der Waals surface area (Å²) in [4.78, 5) is 0.612. The number of benzene rings is 1. The van der Waals surface area contributed by atoms with Crippen LogP contribution in [0.15, 0.2) is 23.1 Å². The minimum Gasteiger partial charge on any atom is -0.248 e. The number of nitrogens with zero attached hydrogens (tertiary/aromatic N) is 1. The number of nitriles is 1. The second-order valence-electron chi connectivity index (χ2n) is 5.97. The van der Waals surface area contributed by atoms with Gasteiger partial charge in [0.1, 0.15) is 11.0 Å². The van der Waals surface area contributed by atoms with Crippen LogP contribution in [-0.4, -0.2) is 4.21 Å². The van der Waals surface area contributed by atoms with Gasteiger partial charge in [0.25, 0.3) is 0 Å². The van der Waals surface area contributed by atoms with Crippen LogP contribution in [0.4, 0.5) is 0 Å². The number of rotatable bonds is 3. The highest BCUT2D eigenvalue weighted by atomic mass is 32.2. The van der Waals surface area contributed by atoms with Crippen LogP contribution in [0.2, 0.25) is 0 Å². The molecule has 0 bridgehead atoms. The van der Waals surface area contributed by atoms with Crippen molar-refractivity contribution in [3.8, 4) is 6.07 Å². The Morgan fingerprint density at radius 2 is 2.00 bits per heavy atom. The Balaban J connectivity index is 2.34. The normalized spacial score (nSPS) is 25.7. The summed E-state index contributed by atoms with van der Waals surface area (Å²) in [7, 11) is -1.53. The van der Waals surface area contributed by atoms with Crippen LogP contribution in [0.1, 0.15) is 49.7 Å². The van der Waals surface area contributed by atoms with E-state index in [2.05, 4.69) is 13.0 Å². The Morgan fingerprint density at radius 1 is 1.35 bits per heavy atom. The molecule has 108 valence electrons. The third-order valence-corrected chi connectivity index (χ3v) is 5.19. The van der Waals surface area contributed by atoms with Gasteiger partial charge >= 0.3 is 0 Å². The number of hydrogen-bond donors (Lipinski definition) is 1. The van der Waals surface area contributed by atoms with E-state index in [1.54, 1.807) is 6.07 Å². The molecule has 0 aromatic heterocycles. The van der Waals surface area contributed by atoms with Gasteiger partial charge in [0, 0.05) is 0 Å². The van der Waals surface area contributed by atoms with Crippen molar-refractivity contribution in [2.24, 2.45) is 17.0 Å². The van der Waals surface area contributed by atoms with Gasteiger partial charge in [0.15, 0.2) is 0 Å². The highest BCUT2D eigenvalue weighted by molar-refractivity contribution is 7.82. The van der Waals surface area contributed by atoms with Crippen molar-refractivity contribution in [2.75, 3.05) is 0 Å². The molecular weight excluding hydrogens is 268 g/mol. The van der Waals surface area contributed by atoms with Crippen LogP contribution >= 0.6 is 0 Å². The molecule has 0 heterocycles. The molecule has 1 aromatic carbocycles. The predicted octanol–water partition coefficient (Wildman–Crippen LogP) is 3.41. The zero-order valence-corrected chi connectivity index (χ0v) is 13.0. The highest BCUT2D eigenvalue weighted by Crippen LogP contribution is 2.39. The van der Waals surface area contributed by atoms with Gasteiger partial charge in [-0.05, 0) is 43.2 Å². The molecule has 2 atom stereocenters. The smallest absolute Gasteiger partial charge is 0.122 e. The molecule has 0 aliphatic heterocycles. The zero-order valence-electron chi connectivity index (χ0n) is 12.1. The third kappa shape index (κ3) is 3.28. The van der Waals surface area contributed by atoms with Crippen LogP contribution in [0.25, 0.3) is 0 Å². The van der Waals surface area contributed by atoms with Crippen molar-refractivity contribution < 1.29 is 4.21 Å². The molecule has 20 heavy (non-hydrogen) atoms. The second kappa shape index (κ2) is 6.51. The maximum absolute atomic E-state index is 11.7. The largest absolute Gasteiger partial charge is 0.248 e. The lowest BCUT2D eigenvalue weighted by Crippen LogP contribution is -2.20. The lowest BCUT2D eigenvalue weighted by molar-refractivity contribution is 0.273. The van der Waals surface area contributed by atoms with Crippen molar-refractivity contribution in [3.63, 3.8) is 0 Å². The van der Waals surface area contributed by atoms with Crippen molar-refractivity contribution in [2.45, 2.75) is 50.3 Å². The monoisotopic (exact) mass is 290 g/mol. The van der Waals surface area contributed by atoms with Crippen molar-refractivity contribution in [3.05, 3.63) is 29.3 Å². The molecule has 0 saturated heterocycles.